The number of fused-ring (bicyclic) bond motifs is 1. The number of rotatable bonds is 6. The average Bonchev–Trinajstić information content (AvgIpc) is 3.19. The third kappa shape index (κ3) is 5.21. The van der Waals surface area contributed by atoms with Gasteiger partial charge in [0.25, 0.3) is 0 Å². The maximum absolute atomic E-state index is 14.1. The molecule has 1 aliphatic rings. The largest absolute Gasteiger partial charge is 0.356 e. The lowest BCUT2D eigenvalue weighted by atomic mass is 10.00. The first-order valence-electron chi connectivity index (χ1n) is 12.1. The van der Waals surface area contributed by atoms with Crippen LogP contribution in [0.1, 0.15) is 30.4 Å². The zero-order valence-corrected chi connectivity index (χ0v) is 21.3. The lowest BCUT2D eigenvalue weighted by Gasteiger charge is -2.21. The van der Waals surface area contributed by atoms with E-state index in [-0.39, 0.29) is 17.6 Å². The minimum atomic E-state index is -0.271. The van der Waals surface area contributed by atoms with E-state index in [1.807, 2.05) is 12.3 Å². The Morgan fingerprint density at radius 3 is 2.75 bits per heavy atom. The van der Waals surface area contributed by atoms with E-state index < -0.39 is 0 Å². The lowest BCUT2D eigenvalue weighted by Crippen LogP contribution is -2.31. The molecule has 186 valence electrons. The van der Waals surface area contributed by atoms with Crippen LogP contribution in [0.5, 0.6) is 0 Å². The molecule has 1 saturated heterocycles. The summed E-state index contributed by atoms with van der Waals surface area (Å²) >= 11 is 1.71. The molecule has 9 heteroatoms. The number of nitrogens with zero attached hydrogens (tertiary/aromatic N) is 5. The molecule has 0 aliphatic carbocycles. The van der Waals surface area contributed by atoms with Crippen molar-refractivity contribution >= 4 is 34.5 Å². The van der Waals surface area contributed by atoms with E-state index in [1.165, 1.54) is 17.3 Å². The first kappa shape index (κ1) is 24.2. The van der Waals surface area contributed by atoms with Crippen molar-refractivity contribution < 1.29 is 9.18 Å². The number of carbonyl (C=O) groups is 1. The molecule has 1 atom stereocenters. The van der Waals surface area contributed by atoms with E-state index in [4.69, 9.17) is 0 Å². The van der Waals surface area contributed by atoms with Crippen LogP contribution in [0.15, 0.2) is 59.9 Å². The highest BCUT2D eigenvalue weighted by Gasteiger charge is 2.25. The number of aryl methyl sites for hydroxylation is 1. The zero-order chi connectivity index (χ0) is 25.1. The summed E-state index contributed by atoms with van der Waals surface area (Å²) in [7, 11) is 0. The molecule has 2 aromatic carbocycles. The standard InChI is InChI=1S/C27H29FN6OS/c1-18-5-8-21(14-24(18)28)34-16-23-25(32-34)30-17-31-26(23)33-12-3-4-20(11-13-33)27(35)29-15-19-6-9-22(36-2)10-7-19/h5-10,14,16-17,20H,3-4,11-13,15H2,1-2H3,(H,29,35). The number of aromatic nitrogens is 4. The molecule has 0 saturated carbocycles. The Kier molecular flexibility index (Phi) is 7.18. The Morgan fingerprint density at radius 2 is 1.97 bits per heavy atom. The maximum atomic E-state index is 14.1. The summed E-state index contributed by atoms with van der Waals surface area (Å²) in [5, 5.41) is 8.48. The quantitative estimate of drug-likeness (QED) is 0.376. The molecule has 36 heavy (non-hydrogen) atoms. The Bertz CT molecular complexity index is 1370. The van der Waals surface area contributed by atoms with Gasteiger partial charge in [0.2, 0.25) is 5.91 Å². The van der Waals surface area contributed by atoms with Gasteiger partial charge in [0.05, 0.1) is 11.1 Å². The number of carbonyl (C=O) groups excluding carboxylic acids is 1. The molecular weight excluding hydrogens is 475 g/mol. The molecule has 1 fully saturated rings. The summed E-state index contributed by atoms with van der Waals surface area (Å²) < 4.78 is 15.8. The second-order valence-electron chi connectivity index (χ2n) is 9.12. The number of anilines is 1. The third-order valence-electron chi connectivity index (χ3n) is 6.74. The van der Waals surface area contributed by atoms with Gasteiger partial charge in [-0.1, -0.05) is 18.2 Å². The fraction of sp³-hybridized carbons (Fsp3) is 0.333. The van der Waals surface area contributed by atoms with Crippen LogP contribution in [0.4, 0.5) is 10.2 Å². The molecule has 5 rings (SSSR count). The summed E-state index contributed by atoms with van der Waals surface area (Å²) in [6.07, 6.45) is 7.90. The van der Waals surface area contributed by atoms with E-state index in [9.17, 15) is 9.18 Å². The van der Waals surface area contributed by atoms with Crippen molar-refractivity contribution in [3.05, 3.63) is 71.9 Å². The van der Waals surface area contributed by atoms with Crippen molar-refractivity contribution in [3.8, 4) is 5.69 Å². The van der Waals surface area contributed by atoms with Crippen LogP contribution in [0.2, 0.25) is 0 Å². The number of thioether (sulfide) groups is 1. The number of benzene rings is 2. The van der Waals surface area contributed by atoms with Crippen molar-refractivity contribution in [3.63, 3.8) is 0 Å². The van der Waals surface area contributed by atoms with Crippen molar-refractivity contribution in [1.82, 2.24) is 25.1 Å². The number of amides is 1. The van der Waals surface area contributed by atoms with Crippen LogP contribution in [0, 0.1) is 18.7 Å². The van der Waals surface area contributed by atoms with Crippen LogP contribution in [0.3, 0.4) is 0 Å². The van der Waals surface area contributed by atoms with Gasteiger partial charge in [0.15, 0.2) is 5.65 Å². The molecule has 0 bridgehead atoms. The van der Waals surface area contributed by atoms with E-state index >= 15 is 0 Å². The molecule has 1 amide bonds. The fourth-order valence-corrected chi connectivity index (χ4v) is 4.99. The number of halogens is 1. The van der Waals surface area contributed by atoms with E-state index in [2.05, 4.69) is 55.8 Å². The van der Waals surface area contributed by atoms with Gasteiger partial charge in [-0.3, -0.25) is 4.79 Å². The van der Waals surface area contributed by atoms with Gasteiger partial charge in [-0.15, -0.1) is 16.9 Å². The summed E-state index contributed by atoms with van der Waals surface area (Å²) in [6, 6.07) is 13.3. The van der Waals surface area contributed by atoms with Crippen molar-refractivity contribution in [2.45, 2.75) is 37.6 Å². The molecule has 7 nitrogen and oxygen atoms in total. The predicted molar refractivity (Wildman–Crippen MR) is 141 cm³/mol. The zero-order valence-electron chi connectivity index (χ0n) is 20.4. The summed E-state index contributed by atoms with van der Waals surface area (Å²) in [6.45, 7) is 3.80. The van der Waals surface area contributed by atoms with Gasteiger partial charge in [0, 0.05) is 36.6 Å². The first-order valence-corrected chi connectivity index (χ1v) is 13.4. The lowest BCUT2D eigenvalue weighted by molar-refractivity contribution is -0.125. The Labute approximate surface area is 214 Å². The van der Waals surface area contributed by atoms with Gasteiger partial charge in [-0.05, 0) is 67.8 Å². The van der Waals surface area contributed by atoms with Gasteiger partial charge in [-0.2, -0.15) is 0 Å². The third-order valence-corrected chi connectivity index (χ3v) is 7.48. The summed E-state index contributed by atoms with van der Waals surface area (Å²) in [5.74, 6) is 0.602. The van der Waals surface area contributed by atoms with Gasteiger partial charge < -0.3 is 10.2 Å². The smallest absolute Gasteiger partial charge is 0.223 e. The van der Waals surface area contributed by atoms with Crippen LogP contribution < -0.4 is 10.2 Å². The SMILES string of the molecule is CSc1ccc(CNC(=O)C2CCCN(c3ncnc4nn(-c5ccc(C)c(F)c5)cc34)CC2)cc1. The maximum Gasteiger partial charge on any atom is 0.223 e. The topological polar surface area (TPSA) is 75.9 Å². The molecule has 0 spiro atoms. The van der Waals surface area contributed by atoms with Crippen LogP contribution in [0.25, 0.3) is 16.7 Å². The Morgan fingerprint density at radius 1 is 1.14 bits per heavy atom. The van der Waals surface area contributed by atoms with Crippen molar-refractivity contribution in [2.24, 2.45) is 5.92 Å². The number of hydrogen-bond donors (Lipinski definition) is 1. The minimum Gasteiger partial charge on any atom is -0.356 e. The first-order chi connectivity index (χ1) is 17.5. The van der Waals surface area contributed by atoms with Crippen molar-refractivity contribution in [2.75, 3.05) is 24.2 Å². The average molecular weight is 505 g/mol. The molecule has 3 heterocycles. The minimum absolute atomic E-state index is 0.0314. The van der Waals surface area contributed by atoms with Gasteiger partial charge in [0.1, 0.15) is 18.0 Å². The molecule has 4 aromatic rings. The second-order valence-corrected chi connectivity index (χ2v) is 10.0. The van der Waals surface area contributed by atoms with Gasteiger partial charge in [-0.25, -0.2) is 19.0 Å². The molecular formula is C27H29FN6OS. The highest BCUT2D eigenvalue weighted by atomic mass is 32.2. The Balaban J connectivity index is 1.27. The molecule has 0 radical (unpaired) electrons. The monoisotopic (exact) mass is 504 g/mol. The molecule has 1 unspecified atom stereocenters. The summed E-state index contributed by atoms with van der Waals surface area (Å²) in [4.78, 5) is 25.2. The number of hydrogen-bond acceptors (Lipinski definition) is 6. The predicted octanol–water partition coefficient (Wildman–Crippen LogP) is 4.91. The fourth-order valence-electron chi connectivity index (χ4n) is 4.58. The molecule has 2 aromatic heterocycles. The Hall–Kier alpha value is -3.46. The second kappa shape index (κ2) is 10.7. The number of nitrogens with one attached hydrogen (secondary N) is 1. The molecule has 1 N–H and O–H groups in total. The van der Waals surface area contributed by atoms with E-state index in [0.717, 1.165) is 49.1 Å². The van der Waals surface area contributed by atoms with Crippen molar-refractivity contribution in [1.29, 1.82) is 0 Å². The molecule has 1 aliphatic heterocycles. The highest BCUT2D eigenvalue weighted by Crippen LogP contribution is 2.28. The van der Waals surface area contributed by atoms with Crippen LogP contribution >= 0.6 is 11.8 Å². The normalized spacial score (nSPS) is 16.2. The highest BCUT2D eigenvalue weighted by molar-refractivity contribution is 7.98. The van der Waals surface area contributed by atoms with Crippen LogP contribution in [-0.2, 0) is 11.3 Å². The summed E-state index contributed by atoms with van der Waals surface area (Å²) in [5.41, 5.74) is 2.89. The van der Waals surface area contributed by atoms with Crippen LogP contribution in [-0.4, -0.2) is 45.0 Å². The van der Waals surface area contributed by atoms with E-state index in [1.54, 1.807) is 29.4 Å². The van der Waals surface area contributed by atoms with E-state index in [0.29, 0.717) is 23.4 Å². The van der Waals surface area contributed by atoms with Gasteiger partial charge >= 0.3 is 0 Å².